The number of esters is 1. The molecule has 0 fully saturated rings. The Kier molecular flexibility index (Phi) is 5.05. The van der Waals surface area contributed by atoms with Crippen LogP contribution in [0.4, 0.5) is 0 Å². The first kappa shape index (κ1) is 15.2. The van der Waals surface area contributed by atoms with Crippen LogP contribution in [0.3, 0.4) is 0 Å². The Labute approximate surface area is 127 Å². The van der Waals surface area contributed by atoms with Crippen LogP contribution in [0.15, 0.2) is 30.5 Å². The fourth-order valence-electron chi connectivity index (χ4n) is 1.71. The second kappa shape index (κ2) is 6.99. The van der Waals surface area contributed by atoms with Crippen LogP contribution in [0.25, 0.3) is 0 Å². The molecule has 0 atom stereocenters. The Balaban J connectivity index is 2.03. The van der Waals surface area contributed by atoms with Crippen molar-refractivity contribution in [1.29, 1.82) is 0 Å². The van der Waals surface area contributed by atoms with E-state index in [0.717, 1.165) is 17.8 Å². The second-order valence-electron chi connectivity index (χ2n) is 4.36. The van der Waals surface area contributed by atoms with Gasteiger partial charge in [0.25, 0.3) is 5.91 Å². The molecule has 21 heavy (non-hydrogen) atoms. The number of rotatable bonds is 5. The smallest absolute Gasteiger partial charge is 0.355 e. The SMILES string of the molecule is CCCc1ncc(C(=O)Oc2ccc(C(=O)NC)cc2)s1. The van der Waals surface area contributed by atoms with E-state index in [4.69, 9.17) is 4.74 Å². The summed E-state index contributed by atoms with van der Waals surface area (Å²) in [6.07, 6.45) is 3.39. The Morgan fingerprint density at radius 1 is 1.29 bits per heavy atom. The van der Waals surface area contributed by atoms with E-state index in [2.05, 4.69) is 17.2 Å². The Bertz CT molecular complexity index is 635. The van der Waals surface area contributed by atoms with Crippen molar-refractivity contribution >= 4 is 23.2 Å². The average Bonchev–Trinajstić information content (AvgIpc) is 2.96. The number of ether oxygens (including phenoxy) is 1. The quantitative estimate of drug-likeness (QED) is 0.681. The maximum Gasteiger partial charge on any atom is 0.355 e. The minimum absolute atomic E-state index is 0.181. The molecule has 6 heteroatoms. The lowest BCUT2D eigenvalue weighted by molar-refractivity contribution is 0.0739. The first-order valence-electron chi connectivity index (χ1n) is 6.63. The van der Waals surface area contributed by atoms with Crippen LogP contribution >= 0.6 is 11.3 Å². The van der Waals surface area contributed by atoms with Gasteiger partial charge in [-0.05, 0) is 37.1 Å². The van der Waals surface area contributed by atoms with E-state index in [1.807, 2.05) is 0 Å². The summed E-state index contributed by atoms with van der Waals surface area (Å²) >= 11 is 1.35. The van der Waals surface area contributed by atoms with Crippen molar-refractivity contribution < 1.29 is 14.3 Å². The van der Waals surface area contributed by atoms with Crippen LogP contribution in [-0.2, 0) is 6.42 Å². The standard InChI is InChI=1S/C15H16N2O3S/c1-3-4-13-17-9-12(21-13)15(19)20-11-7-5-10(6-8-11)14(18)16-2/h5-9H,3-4H2,1-2H3,(H,16,18). The fourth-order valence-corrected chi connectivity index (χ4v) is 2.61. The van der Waals surface area contributed by atoms with Crippen molar-refractivity contribution in [1.82, 2.24) is 10.3 Å². The van der Waals surface area contributed by atoms with Crippen molar-refractivity contribution in [2.75, 3.05) is 7.05 Å². The molecule has 5 nitrogen and oxygen atoms in total. The zero-order valence-electron chi connectivity index (χ0n) is 11.9. The molecule has 0 radical (unpaired) electrons. The largest absolute Gasteiger partial charge is 0.422 e. The van der Waals surface area contributed by atoms with E-state index in [0.29, 0.717) is 16.2 Å². The predicted octanol–water partition coefficient (Wildman–Crippen LogP) is 2.67. The molecule has 0 aliphatic carbocycles. The number of thiazole rings is 1. The molecule has 0 unspecified atom stereocenters. The number of aryl methyl sites for hydroxylation is 1. The van der Waals surface area contributed by atoms with Gasteiger partial charge in [0.05, 0.1) is 11.2 Å². The van der Waals surface area contributed by atoms with Crippen molar-refractivity contribution in [3.8, 4) is 5.75 Å². The summed E-state index contributed by atoms with van der Waals surface area (Å²) in [6, 6.07) is 6.40. The van der Waals surface area contributed by atoms with Gasteiger partial charge in [0.2, 0.25) is 0 Å². The highest BCUT2D eigenvalue weighted by molar-refractivity contribution is 7.13. The van der Waals surface area contributed by atoms with Crippen molar-refractivity contribution in [2.45, 2.75) is 19.8 Å². The molecule has 1 N–H and O–H groups in total. The van der Waals surface area contributed by atoms with Crippen LogP contribution in [0.1, 0.15) is 38.4 Å². The monoisotopic (exact) mass is 304 g/mol. The Hall–Kier alpha value is -2.21. The lowest BCUT2D eigenvalue weighted by Gasteiger charge is -2.03. The van der Waals surface area contributed by atoms with Gasteiger partial charge in [-0.3, -0.25) is 4.79 Å². The van der Waals surface area contributed by atoms with E-state index in [1.54, 1.807) is 31.3 Å². The molecule has 1 amide bonds. The molecular formula is C15H16N2O3S. The lowest BCUT2D eigenvalue weighted by atomic mass is 10.2. The normalized spacial score (nSPS) is 10.2. The summed E-state index contributed by atoms with van der Waals surface area (Å²) in [5.74, 6) is -0.208. The molecule has 0 saturated carbocycles. The van der Waals surface area contributed by atoms with E-state index in [-0.39, 0.29) is 5.91 Å². The maximum absolute atomic E-state index is 12.0. The van der Waals surface area contributed by atoms with Crippen LogP contribution in [0.5, 0.6) is 5.75 Å². The molecule has 0 saturated heterocycles. The summed E-state index contributed by atoms with van der Waals surface area (Å²) in [6.45, 7) is 2.06. The molecule has 110 valence electrons. The van der Waals surface area contributed by atoms with Gasteiger partial charge in [0.15, 0.2) is 0 Å². The summed E-state index contributed by atoms with van der Waals surface area (Å²) in [5.41, 5.74) is 0.514. The highest BCUT2D eigenvalue weighted by Gasteiger charge is 2.13. The van der Waals surface area contributed by atoms with Gasteiger partial charge in [-0.25, -0.2) is 9.78 Å². The number of carbonyl (C=O) groups is 2. The zero-order chi connectivity index (χ0) is 15.2. The number of aromatic nitrogens is 1. The van der Waals surface area contributed by atoms with Gasteiger partial charge < -0.3 is 10.1 Å². The number of hydrogen-bond acceptors (Lipinski definition) is 5. The topological polar surface area (TPSA) is 68.3 Å². The van der Waals surface area contributed by atoms with Crippen LogP contribution in [0, 0.1) is 0 Å². The molecular weight excluding hydrogens is 288 g/mol. The van der Waals surface area contributed by atoms with Gasteiger partial charge >= 0.3 is 5.97 Å². The van der Waals surface area contributed by atoms with Gasteiger partial charge in [-0.1, -0.05) is 6.92 Å². The fraction of sp³-hybridized carbons (Fsp3) is 0.267. The van der Waals surface area contributed by atoms with Gasteiger partial charge in [0, 0.05) is 12.6 Å². The van der Waals surface area contributed by atoms with Crippen molar-refractivity contribution in [2.24, 2.45) is 0 Å². The van der Waals surface area contributed by atoms with Gasteiger partial charge in [0.1, 0.15) is 10.6 Å². The van der Waals surface area contributed by atoms with E-state index >= 15 is 0 Å². The number of nitrogens with zero attached hydrogens (tertiary/aromatic N) is 1. The molecule has 2 aromatic rings. The number of benzene rings is 1. The Morgan fingerprint density at radius 3 is 2.62 bits per heavy atom. The number of hydrogen-bond donors (Lipinski definition) is 1. The Morgan fingerprint density at radius 2 is 2.00 bits per heavy atom. The molecule has 0 bridgehead atoms. The van der Waals surface area contributed by atoms with Crippen LogP contribution in [-0.4, -0.2) is 23.9 Å². The molecule has 0 spiro atoms. The second-order valence-corrected chi connectivity index (χ2v) is 5.48. The van der Waals surface area contributed by atoms with E-state index < -0.39 is 5.97 Å². The number of nitrogens with one attached hydrogen (secondary N) is 1. The third kappa shape index (κ3) is 3.88. The summed E-state index contributed by atoms with van der Waals surface area (Å²) in [5, 5.41) is 3.46. The van der Waals surface area contributed by atoms with E-state index in [9.17, 15) is 9.59 Å². The number of amides is 1. The summed E-state index contributed by atoms with van der Waals surface area (Å²) in [7, 11) is 1.56. The minimum atomic E-state index is -0.428. The highest BCUT2D eigenvalue weighted by atomic mass is 32.1. The van der Waals surface area contributed by atoms with Gasteiger partial charge in [-0.15, -0.1) is 11.3 Å². The lowest BCUT2D eigenvalue weighted by Crippen LogP contribution is -2.17. The van der Waals surface area contributed by atoms with Gasteiger partial charge in [-0.2, -0.15) is 0 Å². The maximum atomic E-state index is 12.0. The molecule has 1 heterocycles. The first-order valence-corrected chi connectivity index (χ1v) is 7.44. The number of carbonyl (C=O) groups excluding carboxylic acids is 2. The molecule has 0 aliphatic heterocycles. The van der Waals surface area contributed by atoms with Crippen molar-refractivity contribution in [3.05, 3.63) is 45.9 Å². The first-order chi connectivity index (χ1) is 10.1. The van der Waals surface area contributed by atoms with Crippen molar-refractivity contribution in [3.63, 3.8) is 0 Å². The average molecular weight is 304 g/mol. The molecule has 0 aliphatic rings. The van der Waals surface area contributed by atoms with Crippen LogP contribution in [0.2, 0.25) is 0 Å². The third-order valence-electron chi connectivity index (χ3n) is 2.77. The molecule has 2 rings (SSSR count). The molecule has 1 aromatic heterocycles. The highest BCUT2D eigenvalue weighted by Crippen LogP contribution is 2.18. The summed E-state index contributed by atoms with van der Waals surface area (Å²) < 4.78 is 5.26. The van der Waals surface area contributed by atoms with Crippen LogP contribution < -0.4 is 10.1 Å². The van der Waals surface area contributed by atoms with E-state index in [1.165, 1.54) is 17.5 Å². The third-order valence-corrected chi connectivity index (χ3v) is 3.81. The minimum Gasteiger partial charge on any atom is -0.422 e. The predicted molar refractivity (Wildman–Crippen MR) is 80.9 cm³/mol. The summed E-state index contributed by atoms with van der Waals surface area (Å²) in [4.78, 5) is 28.0. The molecule has 1 aromatic carbocycles. The zero-order valence-corrected chi connectivity index (χ0v) is 12.7.